The summed E-state index contributed by atoms with van der Waals surface area (Å²) in [5.41, 5.74) is 4.79. The summed E-state index contributed by atoms with van der Waals surface area (Å²) in [5.74, 6) is -10.1. The number of carbonyl (C=O) groups excluding carboxylic acids is 6. The lowest BCUT2D eigenvalue weighted by Crippen LogP contribution is -2.68. The Balaban J connectivity index is 1.46. The zero-order valence-corrected chi connectivity index (χ0v) is 22.6. The Kier molecular flexibility index (Phi) is 7.43. The van der Waals surface area contributed by atoms with Gasteiger partial charge in [-0.05, 0) is 60.1 Å². The Morgan fingerprint density at radius 3 is 2.39 bits per heavy atom. The fourth-order valence-corrected chi connectivity index (χ4v) is 6.55. The van der Waals surface area contributed by atoms with Crippen molar-refractivity contribution in [1.82, 2.24) is 5.32 Å². The first-order valence-electron chi connectivity index (χ1n) is 13.2. The molecule has 0 bridgehead atoms. The van der Waals surface area contributed by atoms with E-state index in [-0.39, 0.29) is 30.2 Å². The summed E-state index contributed by atoms with van der Waals surface area (Å²) in [6.07, 6.45) is 0.412. The van der Waals surface area contributed by atoms with Gasteiger partial charge in [0.15, 0.2) is 34.7 Å². The maximum atomic E-state index is 13.7. The number of fused-ring (bicyclic) bond motifs is 3. The molecule has 0 saturated heterocycles. The summed E-state index contributed by atoms with van der Waals surface area (Å²) in [6.45, 7) is 0.429. The van der Waals surface area contributed by atoms with Gasteiger partial charge >= 0.3 is 6.03 Å². The number of phenolic OH excluding ortho intramolecular Hbond substituents is 1. The first-order chi connectivity index (χ1) is 19.5. The van der Waals surface area contributed by atoms with E-state index in [1.165, 1.54) is 6.07 Å². The van der Waals surface area contributed by atoms with E-state index in [1.807, 2.05) is 0 Å². The Bertz CT molecular complexity index is 1490. The van der Waals surface area contributed by atoms with Gasteiger partial charge in [0, 0.05) is 30.5 Å². The predicted octanol–water partition coefficient (Wildman–Crippen LogP) is 1.74. The smallest absolute Gasteiger partial charge is 0.319 e. The number of carbonyl (C=O) groups is 6. The monoisotopic (exact) mass is 581 g/mol. The Morgan fingerprint density at radius 2 is 1.73 bits per heavy atom. The van der Waals surface area contributed by atoms with Crippen LogP contribution in [0.25, 0.3) is 11.1 Å². The number of anilines is 1. The van der Waals surface area contributed by atoms with Crippen LogP contribution in [0.2, 0.25) is 0 Å². The number of aromatic hydroxyl groups is 1. The van der Waals surface area contributed by atoms with E-state index in [9.17, 15) is 39.0 Å². The molecule has 5 rings (SSSR count). The van der Waals surface area contributed by atoms with Crippen LogP contribution < -0.4 is 16.4 Å². The van der Waals surface area contributed by atoms with E-state index in [4.69, 9.17) is 17.3 Å². The summed E-state index contributed by atoms with van der Waals surface area (Å²) in [5, 5.41) is 27.4. The molecule has 2 unspecified atom stereocenters. The quantitative estimate of drug-likeness (QED) is 0.193. The first-order valence-corrected chi connectivity index (χ1v) is 13.8. The predicted molar refractivity (Wildman–Crippen MR) is 146 cm³/mol. The number of hydrogen-bond acceptors (Lipinski definition) is 8. The minimum Gasteiger partial charge on any atom is -0.507 e. The summed E-state index contributed by atoms with van der Waals surface area (Å²) < 4.78 is 0. The number of halogens is 1. The largest absolute Gasteiger partial charge is 0.507 e. The summed E-state index contributed by atoms with van der Waals surface area (Å²) in [6, 6.07) is 9.45. The van der Waals surface area contributed by atoms with Gasteiger partial charge in [0.05, 0.1) is 11.5 Å². The number of hydrogen-bond donors (Lipinski definition) is 5. The normalized spacial score (nSPS) is 27.0. The molecule has 11 nitrogen and oxygen atoms in total. The zero-order valence-electron chi connectivity index (χ0n) is 21.8. The maximum Gasteiger partial charge on any atom is 0.319 e. The van der Waals surface area contributed by atoms with Gasteiger partial charge < -0.3 is 26.6 Å². The Morgan fingerprint density at radius 1 is 1.02 bits per heavy atom. The van der Waals surface area contributed by atoms with Crippen molar-refractivity contribution in [2.75, 3.05) is 17.7 Å². The van der Waals surface area contributed by atoms with Crippen LogP contribution in [0.4, 0.5) is 10.5 Å². The summed E-state index contributed by atoms with van der Waals surface area (Å²) in [4.78, 5) is 76.8. The van der Waals surface area contributed by atoms with Crippen LogP contribution in [-0.4, -0.2) is 63.3 Å². The van der Waals surface area contributed by atoms with E-state index in [1.54, 1.807) is 30.3 Å². The molecule has 12 heteroatoms. The minimum atomic E-state index is -2.69. The lowest BCUT2D eigenvalue weighted by molar-refractivity contribution is -0.175. The molecule has 41 heavy (non-hydrogen) atoms. The first kappa shape index (κ1) is 28.4. The van der Waals surface area contributed by atoms with Crippen LogP contribution in [0.1, 0.15) is 35.2 Å². The summed E-state index contributed by atoms with van der Waals surface area (Å²) >= 11 is 5.62. The lowest BCUT2D eigenvalue weighted by atomic mass is 9.53. The maximum absolute atomic E-state index is 13.7. The number of amides is 3. The molecule has 3 amide bonds. The van der Waals surface area contributed by atoms with E-state index < -0.39 is 64.7 Å². The number of alkyl halides is 1. The van der Waals surface area contributed by atoms with Crippen LogP contribution in [-0.2, 0) is 25.6 Å². The number of urea groups is 1. The molecule has 5 atom stereocenters. The molecular formula is C29H28ClN3O8. The van der Waals surface area contributed by atoms with E-state index in [2.05, 4.69) is 10.6 Å². The third-order valence-corrected chi connectivity index (χ3v) is 8.60. The highest BCUT2D eigenvalue weighted by atomic mass is 35.5. The number of primary amides is 1. The third kappa shape index (κ3) is 4.68. The number of benzene rings is 2. The molecule has 0 aliphatic heterocycles. The van der Waals surface area contributed by atoms with Crippen LogP contribution in [0.15, 0.2) is 36.4 Å². The molecule has 6 N–H and O–H groups in total. The van der Waals surface area contributed by atoms with Gasteiger partial charge in [0.1, 0.15) is 5.75 Å². The number of rotatable bonds is 6. The Labute approximate surface area is 239 Å². The van der Waals surface area contributed by atoms with Gasteiger partial charge in [-0.25, -0.2) is 4.79 Å². The fraction of sp³-hybridized carbons (Fsp3) is 0.379. The van der Waals surface area contributed by atoms with Gasteiger partial charge in [-0.15, -0.1) is 11.6 Å². The van der Waals surface area contributed by atoms with E-state index in [0.717, 1.165) is 0 Å². The number of nitrogens with two attached hydrogens (primary N) is 1. The van der Waals surface area contributed by atoms with Gasteiger partial charge in [-0.3, -0.25) is 24.0 Å². The van der Waals surface area contributed by atoms with Crippen LogP contribution in [0.5, 0.6) is 5.75 Å². The van der Waals surface area contributed by atoms with Crippen molar-refractivity contribution in [1.29, 1.82) is 0 Å². The molecule has 2 aromatic rings. The van der Waals surface area contributed by atoms with E-state index in [0.29, 0.717) is 41.2 Å². The molecule has 0 aromatic heterocycles. The summed E-state index contributed by atoms with van der Waals surface area (Å²) in [7, 11) is 0. The number of nitrogens with one attached hydrogen (secondary N) is 2. The second-order valence-electron chi connectivity index (χ2n) is 10.7. The zero-order chi connectivity index (χ0) is 29.6. The van der Waals surface area contributed by atoms with Crippen molar-refractivity contribution in [3.63, 3.8) is 0 Å². The highest BCUT2D eigenvalue weighted by molar-refractivity contribution is 6.31. The standard InChI is InChI=1S/C29H28ClN3O8/c30-8-1-9-32-28(40)33-16-4-2-13(3-5-16)17-6-7-19(34)22-18(17)11-14-10-15-12-20(35)23(27(31)39)26(38)29(15,41)25(37)21(14)24(22)36/h2-7,14-15,21,23,34,41H,1,8-12H2,(H2,31,39)(H2,32,33,40)/t14-,15+,21?,23?,29+/m1/s1. The molecule has 2 saturated carbocycles. The highest BCUT2D eigenvalue weighted by Crippen LogP contribution is 2.51. The van der Waals surface area contributed by atoms with Crippen molar-refractivity contribution in [3.05, 3.63) is 47.5 Å². The minimum absolute atomic E-state index is 0.0117. The van der Waals surface area contributed by atoms with E-state index >= 15 is 0 Å². The average molecular weight is 582 g/mol. The highest BCUT2D eigenvalue weighted by Gasteiger charge is 2.66. The number of phenols is 1. The van der Waals surface area contributed by atoms with Crippen LogP contribution in [0.3, 0.4) is 0 Å². The van der Waals surface area contributed by atoms with Gasteiger partial charge in [0.25, 0.3) is 0 Å². The number of aliphatic hydroxyl groups is 1. The average Bonchev–Trinajstić information content (AvgIpc) is 2.91. The van der Waals surface area contributed by atoms with Gasteiger partial charge in [0.2, 0.25) is 5.91 Å². The fourth-order valence-electron chi connectivity index (χ4n) is 6.41. The topological polar surface area (TPSA) is 193 Å². The molecule has 0 heterocycles. The van der Waals surface area contributed by atoms with Crippen molar-refractivity contribution >= 4 is 52.4 Å². The molecule has 2 aromatic carbocycles. The van der Waals surface area contributed by atoms with Crippen molar-refractivity contribution < 1.29 is 39.0 Å². The SMILES string of the molecule is NC(=O)C1C(=O)C[C@@H]2C[C@@H]3Cc4c(-c5ccc(NC(=O)NCCCCl)cc5)ccc(O)c4C(=O)C3C(=O)[C@]2(O)C1=O. The molecule has 0 radical (unpaired) electrons. The third-order valence-electron chi connectivity index (χ3n) is 8.34. The number of ketones is 4. The lowest BCUT2D eigenvalue weighted by Gasteiger charge is -2.48. The number of Topliss-reactive ketones (excluding diaryl/α,β-unsaturated/α-hetero) is 4. The van der Waals surface area contributed by atoms with Crippen LogP contribution >= 0.6 is 11.6 Å². The van der Waals surface area contributed by atoms with Gasteiger partial charge in [-0.1, -0.05) is 18.2 Å². The van der Waals surface area contributed by atoms with Crippen LogP contribution in [0, 0.1) is 23.7 Å². The molecular weight excluding hydrogens is 554 g/mol. The Hall–Kier alpha value is -4.09. The van der Waals surface area contributed by atoms with Gasteiger partial charge in [-0.2, -0.15) is 0 Å². The van der Waals surface area contributed by atoms with Crippen molar-refractivity contribution in [2.45, 2.75) is 31.3 Å². The second kappa shape index (κ2) is 10.7. The molecule has 214 valence electrons. The molecule has 2 fully saturated rings. The molecule has 0 spiro atoms. The van der Waals surface area contributed by atoms with Crippen molar-refractivity contribution in [2.24, 2.45) is 29.4 Å². The molecule has 3 aliphatic rings. The van der Waals surface area contributed by atoms with Crippen molar-refractivity contribution in [3.8, 4) is 16.9 Å². The molecule has 3 aliphatic carbocycles. The second-order valence-corrected chi connectivity index (χ2v) is 11.1.